The lowest BCUT2D eigenvalue weighted by Crippen LogP contribution is -2.32. The second kappa shape index (κ2) is 5.48. The summed E-state index contributed by atoms with van der Waals surface area (Å²) in [6.07, 6.45) is 1.24. The number of furan rings is 1. The van der Waals surface area contributed by atoms with Gasteiger partial charge in [-0.15, -0.1) is 0 Å². The van der Waals surface area contributed by atoms with Gasteiger partial charge in [-0.05, 0) is 45.4 Å². The van der Waals surface area contributed by atoms with Crippen LogP contribution in [0.2, 0.25) is 0 Å². The van der Waals surface area contributed by atoms with Gasteiger partial charge in [0.2, 0.25) is 0 Å². The number of hydrogen-bond acceptors (Lipinski definition) is 3. The largest absolute Gasteiger partial charge is 0.464 e. The molecule has 1 heterocycles. The predicted octanol–water partition coefficient (Wildman–Crippen LogP) is 4.53. The number of fused-ring (bicyclic) bond motifs is 1. The Morgan fingerprint density at radius 1 is 1.40 bits per heavy atom. The Labute approximate surface area is 126 Å². The third kappa shape index (κ3) is 3.54. The van der Waals surface area contributed by atoms with Gasteiger partial charge in [-0.2, -0.15) is 0 Å². The van der Waals surface area contributed by atoms with Gasteiger partial charge in [-0.25, -0.2) is 4.79 Å². The predicted molar refractivity (Wildman–Crippen MR) is 81.7 cm³/mol. The van der Waals surface area contributed by atoms with E-state index in [1.807, 2.05) is 39.8 Å². The maximum atomic E-state index is 11.7. The van der Waals surface area contributed by atoms with Crippen molar-refractivity contribution in [1.29, 1.82) is 0 Å². The molecular weight excluding hydrogens is 322 g/mol. The van der Waals surface area contributed by atoms with Crippen LogP contribution in [-0.4, -0.2) is 11.7 Å². The fraction of sp³-hybridized carbons (Fsp3) is 0.400. The second-order valence-electron chi connectivity index (χ2n) is 5.72. The van der Waals surface area contributed by atoms with E-state index < -0.39 is 11.7 Å². The maximum absolute atomic E-state index is 11.7. The number of amides is 1. The highest BCUT2D eigenvalue weighted by molar-refractivity contribution is 9.10. The molecule has 0 saturated heterocycles. The summed E-state index contributed by atoms with van der Waals surface area (Å²) in [5.74, 6) is 0. The average molecular weight is 340 g/mol. The maximum Gasteiger partial charge on any atom is 0.407 e. The van der Waals surface area contributed by atoms with Gasteiger partial charge < -0.3 is 14.5 Å². The van der Waals surface area contributed by atoms with Crippen molar-refractivity contribution in [2.24, 2.45) is 0 Å². The minimum Gasteiger partial charge on any atom is -0.464 e. The zero-order valence-corrected chi connectivity index (χ0v) is 13.6. The molecule has 0 aliphatic heterocycles. The van der Waals surface area contributed by atoms with Gasteiger partial charge in [-0.1, -0.05) is 15.9 Å². The summed E-state index contributed by atoms with van der Waals surface area (Å²) in [5, 5.41) is 3.73. The molecule has 0 spiro atoms. The Bertz CT molecular complexity index is 640. The van der Waals surface area contributed by atoms with E-state index in [4.69, 9.17) is 9.15 Å². The molecule has 2 aromatic rings. The van der Waals surface area contributed by atoms with Gasteiger partial charge in [0.05, 0.1) is 6.26 Å². The minimum atomic E-state index is -0.498. The highest BCUT2D eigenvalue weighted by Crippen LogP contribution is 2.28. The molecule has 108 valence electrons. The van der Waals surface area contributed by atoms with Crippen molar-refractivity contribution in [1.82, 2.24) is 5.32 Å². The normalized spacial score (nSPS) is 11.7. The van der Waals surface area contributed by atoms with Crippen molar-refractivity contribution in [3.8, 4) is 0 Å². The van der Waals surface area contributed by atoms with Crippen molar-refractivity contribution in [2.75, 3.05) is 0 Å². The number of benzene rings is 1. The first kappa shape index (κ1) is 14.9. The topological polar surface area (TPSA) is 51.5 Å². The Hall–Kier alpha value is -1.49. The second-order valence-corrected chi connectivity index (χ2v) is 6.63. The summed E-state index contributed by atoms with van der Waals surface area (Å²) >= 11 is 3.47. The Morgan fingerprint density at radius 3 is 2.75 bits per heavy atom. The Kier molecular flexibility index (Phi) is 4.09. The van der Waals surface area contributed by atoms with Crippen LogP contribution in [0, 0.1) is 6.92 Å². The van der Waals surface area contributed by atoms with Crippen LogP contribution in [-0.2, 0) is 11.3 Å². The molecule has 1 amide bonds. The van der Waals surface area contributed by atoms with Crippen molar-refractivity contribution >= 4 is 33.0 Å². The number of carbonyl (C=O) groups is 1. The number of nitrogens with one attached hydrogen (secondary N) is 1. The van der Waals surface area contributed by atoms with E-state index in [0.717, 1.165) is 26.6 Å². The van der Waals surface area contributed by atoms with Crippen molar-refractivity contribution < 1.29 is 13.9 Å². The van der Waals surface area contributed by atoms with Gasteiger partial charge in [0.15, 0.2) is 0 Å². The van der Waals surface area contributed by atoms with E-state index in [1.54, 1.807) is 6.26 Å². The number of aryl methyl sites for hydroxylation is 1. The van der Waals surface area contributed by atoms with E-state index in [1.165, 1.54) is 0 Å². The fourth-order valence-corrected chi connectivity index (χ4v) is 2.51. The van der Waals surface area contributed by atoms with Gasteiger partial charge in [0.25, 0.3) is 0 Å². The van der Waals surface area contributed by atoms with Crippen LogP contribution in [0.1, 0.15) is 31.9 Å². The molecule has 1 N–H and O–H groups in total. The zero-order valence-electron chi connectivity index (χ0n) is 12.0. The van der Waals surface area contributed by atoms with E-state index in [-0.39, 0.29) is 0 Å². The molecule has 0 atom stereocenters. The smallest absolute Gasteiger partial charge is 0.407 e. The summed E-state index contributed by atoms with van der Waals surface area (Å²) in [5.41, 5.74) is 2.32. The lowest BCUT2D eigenvalue weighted by molar-refractivity contribution is 0.0524. The lowest BCUT2D eigenvalue weighted by Gasteiger charge is -2.19. The van der Waals surface area contributed by atoms with Gasteiger partial charge in [-0.3, -0.25) is 0 Å². The molecule has 0 fully saturated rings. The van der Waals surface area contributed by atoms with Crippen LogP contribution < -0.4 is 5.32 Å². The Balaban J connectivity index is 2.13. The molecule has 2 rings (SSSR count). The molecule has 0 aliphatic carbocycles. The van der Waals surface area contributed by atoms with Crippen LogP contribution in [0.25, 0.3) is 11.0 Å². The number of carbonyl (C=O) groups excluding carboxylic acids is 1. The lowest BCUT2D eigenvalue weighted by atomic mass is 10.1. The molecule has 4 nitrogen and oxygen atoms in total. The van der Waals surface area contributed by atoms with Crippen molar-refractivity contribution in [2.45, 2.75) is 39.8 Å². The molecule has 1 aromatic heterocycles. The fourth-order valence-electron chi connectivity index (χ4n) is 1.94. The highest BCUT2D eigenvalue weighted by Gasteiger charge is 2.16. The zero-order chi connectivity index (χ0) is 14.9. The summed E-state index contributed by atoms with van der Waals surface area (Å²) in [6, 6.07) is 3.98. The molecule has 0 bridgehead atoms. The molecule has 0 radical (unpaired) electrons. The van der Waals surface area contributed by atoms with Gasteiger partial charge in [0, 0.05) is 22.0 Å². The van der Waals surface area contributed by atoms with E-state index in [9.17, 15) is 4.79 Å². The number of ether oxygens (including phenoxy) is 1. The third-order valence-corrected chi connectivity index (χ3v) is 3.18. The van der Waals surface area contributed by atoms with Crippen LogP contribution >= 0.6 is 15.9 Å². The van der Waals surface area contributed by atoms with E-state index >= 15 is 0 Å². The molecule has 0 aliphatic rings. The van der Waals surface area contributed by atoms with Crippen molar-refractivity contribution in [3.05, 3.63) is 34.0 Å². The molecule has 0 saturated carbocycles. The summed E-state index contributed by atoms with van der Waals surface area (Å²) < 4.78 is 11.7. The molecule has 20 heavy (non-hydrogen) atoms. The first-order valence-electron chi connectivity index (χ1n) is 6.39. The highest BCUT2D eigenvalue weighted by atomic mass is 79.9. The molecule has 1 aromatic carbocycles. The summed E-state index contributed by atoms with van der Waals surface area (Å²) in [7, 11) is 0. The standard InChI is InChI=1S/C15H18BrNO3/c1-9-5-11(16)6-12-10(8-19-13(9)12)7-17-14(18)20-15(2,3)4/h5-6,8H,7H2,1-4H3,(H,17,18). The first-order chi connectivity index (χ1) is 9.26. The number of alkyl carbamates (subject to hydrolysis) is 1. The number of hydrogen-bond donors (Lipinski definition) is 1. The van der Waals surface area contributed by atoms with Crippen LogP contribution in [0.15, 0.2) is 27.3 Å². The van der Waals surface area contributed by atoms with E-state index in [0.29, 0.717) is 6.54 Å². The number of halogens is 1. The first-order valence-corrected chi connectivity index (χ1v) is 7.18. The minimum absolute atomic E-state index is 0.373. The summed E-state index contributed by atoms with van der Waals surface area (Å²) in [4.78, 5) is 11.7. The third-order valence-electron chi connectivity index (χ3n) is 2.73. The van der Waals surface area contributed by atoms with E-state index in [2.05, 4.69) is 21.2 Å². The molecule has 0 unspecified atom stereocenters. The monoisotopic (exact) mass is 339 g/mol. The summed E-state index contributed by atoms with van der Waals surface area (Å²) in [6.45, 7) is 7.86. The van der Waals surface area contributed by atoms with Gasteiger partial charge in [0.1, 0.15) is 11.2 Å². The average Bonchev–Trinajstić information content (AvgIpc) is 2.67. The quantitative estimate of drug-likeness (QED) is 0.874. The van der Waals surface area contributed by atoms with Crippen molar-refractivity contribution in [3.63, 3.8) is 0 Å². The molecular formula is C15H18BrNO3. The number of rotatable bonds is 2. The van der Waals surface area contributed by atoms with Crippen LogP contribution in [0.3, 0.4) is 0 Å². The molecule has 5 heteroatoms. The Morgan fingerprint density at radius 2 is 2.10 bits per heavy atom. The van der Waals surface area contributed by atoms with Gasteiger partial charge >= 0.3 is 6.09 Å². The SMILES string of the molecule is Cc1cc(Br)cc2c(CNC(=O)OC(C)(C)C)coc12. The van der Waals surface area contributed by atoms with Crippen LogP contribution in [0.5, 0.6) is 0 Å². The van der Waals surface area contributed by atoms with Crippen LogP contribution in [0.4, 0.5) is 4.79 Å².